The fourth-order valence-corrected chi connectivity index (χ4v) is 0.559. The van der Waals surface area contributed by atoms with Crippen molar-refractivity contribution in [3.05, 3.63) is 10.6 Å². The van der Waals surface area contributed by atoms with E-state index in [-0.39, 0.29) is 5.71 Å². The third-order valence-corrected chi connectivity index (χ3v) is 1.60. The molecule has 0 saturated carbocycles. The van der Waals surface area contributed by atoms with Crippen molar-refractivity contribution in [3.63, 3.8) is 0 Å². The lowest BCUT2D eigenvalue weighted by molar-refractivity contribution is 1.21. The Morgan fingerprint density at radius 2 is 2.22 bits per heavy atom. The molecule has 0 aromatic carbocycles. The maximum atomic E-state index is 7.02. The highest BCUT2D eigenvalue weighted by molar-refractivity contribution is 9.11. The molecule has 0 unspecified atom stereocenters. The molecule has 0 aromatic rings. The molecule has 0 bridgehead atoms. The van der Waals surface area contributed by atoms with Crippen LogP contribution in [-0.2, 0) is 0 Å². The van der Waals surface area contributed by atoms with Crippen LogP contribution in [0.25, 0.3) is 0 Å². The van der Waals surface area contributed by atoms with Crippen molar-refractivity contribution in [2.45, 2.75) is 13.3 Å². The molecule has 0 fully saturated rings. The molecule has 0 aliphatic carbocycles. The highest BCUT2D eigenvalue weighted by atomic mass is 79.9. The Labute approximate surface area is 63.1 Å². The topological polar surface area (TPSA) is 47.7 Å². The van der Waals surface area contributed by atoms with Crippen LogP contribution in [0.4, 0.5) is 0 Å². The fourth-order valence-electron chi connectivity index (χ4n) is 0.312. The molecule has 2 N–H and O–H groups in total. The predicted molar refractivity (Wildman–Crippen MR) is 43.8 cm³/mol. The van der Waals surface area contributed by atoms with Crippen LogP contribution < -0.4 is 0 Å². The fraction of sp³-hybridized carbons (Fsp3) is 0.333. The SMILES string of the molecule is CC/C(Br)=C\C(=N)C=N. The highest BCUT2D eigenvalue weighted by Crippen LogP contribution is 2.07. The van der Waals surface area contributed by atoms with E-state index in [1.54, 1.807) is 6.08 Å². The Kier molecular flexibility index (Phi) is 4.22. The van der Waals surface area contributed by atoms with Gasteiger partial charge in [-0.1, -0.05) is 22.9 Å². The second-order valence-electron chi connectivity index (χ2n) is 1.54. The highest BCUT2D eigenvalue weighted by Gasteiger charge is 1.87. The second-order valence-corrected chi connectivity index (χ2v) is 2.56. The lowest BCUT2D eigenvalue weighted by Gasteiger charge is -1.88. The summed E-state index contributed by atoms with van der Waals surface area (Å²) in [4.78, 5) is 0. The average molecular weight is 189 g/mol. The van der Waals surface area contributed by atoms with E-state index in [1.807, 2.05) is 6.92 Å². The largest absolute Gasteiger partial charge is 0.307 e. The maximum absolute atomic E-state index is 7.02. The monoisotopic (exact) mass is 188 g/mol. The van der Waals surface area contributed by atoms with E-state index in [1.165, 1.54) is 0 Å². The Morgan fingerprint density at radius 1 is 1.67 bits per heavy atom. The van der Waals surface area contributed by atoms with E-state index < -0.39 is 0 Å². The number of rotatable bonds is 3. The molecule has 0 aliphatic heterocycles. The van der Waals surface area contributed by atoms with Crippen LogP contribution >= 0.6 is 15.9 Å². The minimum atomic E-state index is 0.226. The van der Waals surface area contributed by atoms with Crippen LogP contribution in [0.1, 0.15) is 13.3 Å². The predicted octanol–water partition coefficient (Wildman–Crippen LogP) is 2.34. The summed E-state index contributed by atoms with van der Waals surface area (Å²) in [7, 11) is 0. The number of hydrogen-bond acceptors (Lipinski definition) is 2. The Balaban J connectivity index is 3.94. The smallest absolute Gasteiger partial charge is 0.0723 e. The van der Waals surface area contributed by atoms with Gasteiger partial charge in [0.25, 0.3) is 0 Å². The zero-order valence-corrected chi connectivity index (χ0v) is 6.83. The first kappa shape index (κ1) is 8.56. The third-order valence-electron chi connectivity index (χ3n) is 0.805. The van der Waals surface area contributed by atoms with Gasteiger partial charge in [0.2, 0.25) is 0 Å². The Bertz CT molecular complexity index is 149. The quantitative estimate of drug-likeness (QED) is 0.640. The average Bonchev–Trinajstić information content (AvgIpc) is 1.87. The second kappa shape index (κ2) is 4.44. The van der Waals surface area contributed by atoms with Gasteiger partial charge in [-0.2, -0.15) is 0 Å². The minimum Gasteiger partial charge on any atom is -0.307 e. The molecule has 0 aliphatic rings. The van der Waals surface area contributed by atoms with Crippen LogP contribution in [0.2, 0.25) is 0 Å². The van der Waals surface area contributed by atoms with Crippen LogP contribution in [0, 0.1) is 10.8 Å². The molecule has 0 aromatic heterocycles. The summed E-state index contributed by atoms with van der Waals surface area (Å²) >= 11 is 3.24. The molecular weight excluding hydrogens is 180 g/mol. The summed E-state index contributed by atoms with van der Waals surface area (Å²) in [6, 6.07) is 0. The summed E-state index contributed by atoms with van der Waals surface area (Å²) < 4.78 is 0.955. The molecule has 50 valence electrons. The maximum Gasteiger partial charge on any atom is 0.0723 e. The summed E-state index contributed by atoms with van der Waals surface area (Å²) in [5, 5.41) is 13.7. The van der Waals surface area contributed by atoms with E-state index in [2.05, 4.69) is 15.9 Å². The van der Waals surface area contributed by atoms with E-state index in [0.29, 0.717) is 0 Å². The van der Waals surface area contributed by atoms with Crippen LogP contribution in [0.3, 0.4) is 0 Å². The number of hydrogen-bond donors (Lipinski definition) is 2. The van der Waals surface area contributed by atoms with Crippen molar-refractivity contribution in [1.29, 1.82) is 10.8 Å². The first-order chi connectivity index (χ1) is 4.20. The normalized spacial score (nSPS) is 11.1. The van der Waals surface area contributed by atoms with Crippen molar-refractivity contribution in [2.24, 2.45) is 0 Å². The third kappa shape index (κ3) is 4.09. The summed E-state index contributed by atoms with van der Waals surface area (Å²) in [6.45, 7) is 1.98. The molecule has 0 radical (unpaired) electrons. The number of halogens is 1. The van der Waals surface area contributed by atoms with Crippen LogP contribution in [0.5, 0.6) is 0 Å². The molecular formula is C6H9BrN2. The van der Waals surface area contributed by atoms with Gasteiger partial charge in [0, 0.05) is 6.21 Å². The minimum absolute atomic E-state index is 0.226. The Morgan fingerprint density at radius 3 is 2.56 bits per heavy atom. The van der Waals surface area contributed by atoms with Crippen molar-refractivity contribution < 1.29 is 0 Å². The van der Waals surface area contributed by atoms with Gasteiger partial charge < -0.3 is 5.41 Å². The summed E-state index contributed by atoms with van der Waals surface area (Å²) in [6.07, 6.45) is 3.50. The van der Waals surface area contributed by atoms with Gasteiger partial charge in [-0.15, -0.1) is 0 Å². The van der Waals surface area contributed by atoms with Gasteiger partial charge in [-0.25, -0.2) is 0 Å². The number of nitrogens with one attached hydrogen (secondary N) is 2. The molecule has 3 heteroatoms. The number of allylic oxidation sites excluding steroid dienone is 2. The first-order valence-corrected chi connectivity index (χ1v) is 3.45. The molecule has 0 saturated heterocycles. The zero-order chi connectivity index (χ0) is 7.28. The van der Waals surface area contributed by atoms with Gasteiger partial charge in [0.15, 0.2) is 0 Å². The summed E-state index contributed by atoms with van der Waals surface area (Å²) in [5.41, 5.74) is 0.226. The molecule has 0 heterocycles. The van der Waals surface area contributed by atoms with Gasteiger partial charge in [0.05, 0.1) is 5.71 Å². The molecule has 0 atom stereocenters. The van der Waals surface area contributed by atoms with E-state index in [0.717, 1.165) is 17.1 Å². The van der Waals surface area contributed by atoms with E-state index >= 15 is 0 Å². The summed E-state index contributed by atoms with van der Waals surface area (Å²) in [5.74, 6) is 0. The Hall–Kier alpha value is -0.440. The molecule has 0 rings (SSSR count). The van der Waals surface area contributed by atoms with Gasteiger partial charge >= 0.3 is 0 Å². The van der Waals surface area contributed by atoms with Crippen molar-refractivity contribution >= 4 is 27.9 Å². The van der Waals surface area contributed by atoms with Crippen LogP contribution in [0.15, 0.2) is 10.6 Å². The first-order valence-electron chi connectivity index (χ1n) is 2.65. The molecule has 9 heavy (non-hydrogen) atoms. The molecule has 0 spiro atoms. The van der Waals surface area contributed by atoms with Crippen molar-refractivity contribution in [3.8, 4) is 0 Å². The zero-order valence-electron chi connectivity index (χ0n) is 5.24. The lowest BCUT2D eigenvalue weighted by atomic mass is 10.3. The van der Waals surface area contributed by atoms with E-state index in [9.17, 15) is 0 Å². The van der Waals surface area contributed by atoms with Crippen LogP contribution in [-0.4, -0.2) is 11.9 Å². The molecule has 0 amide bonds. The van der Waals surface area contributed by atoms with Gasteiger partial charge in [-0.3, -0.25) is 5.41 Å². The van der Waals surface area contributed by atoms with Crippen molar-refractivity contribution in [2.75, 3.05) is 0 Å². The van der Waals surface area contributed by atoms with Gasteiger partial charge in [0.1, 0.15) is 0 Å². The standard InChI is InChI=1S/C6H9BrN2/c1-2-5(7)3-6(9)4-8/h3-4,8-9H,2H2,1H3/b5-3+,8-4?,9-6?. The molecule has 2 nitrogen and oxygen atoms in total. The van der Waals surface area contributed by atoms with Gasteiger partial charge in [-0.05, 0) is 17.0 Å². The lowest BCUT2D eigenvalue weighted by Crippen LogP contribution is -1.90. The van der Waals surface area contributed by atoms with E-state index in [4.69, 9.17) is 10.8 Å². The van der Waals surface area contributed by atoms with Crippen molar-refractivity contribution in [1.82, 2.24) is 0 Å².